The van der Waals surface area contributed by atoms with E-state index in [0.29, 0.717) is 12.4 Å². The molecule has 86 valence electrons. The van der Waals surface area contributed by atoms with Gasteiger partial charge in [-0.3, -0.25) is 0 Å². The van der Waals surface area contributed by atoms with Crippen LogP contribution in [0.5, 0.6) is 5.75 Å². The largest absolute Gasteiger partial charge is 0.513 e. The van der Waals surface area contributed by atoms with E-state index in [1.54, 1.807) is 18.2 Å². The molecule has 0 aliphatic heterocycles. The molecular formula is C13H16O3. The van der Waals surface area contributed by atoms with Gasteiger partial charge >= 0.3 is 6.16 Å². The molecule has 0 aliphatic rings. The minimum Gasteiger partial charge on any atom is -0.434 e. The molecule has 1 aromatic carbocycles. The third kappa shape index (κ3) is 4.17. The van der Waals surface area contributed by atoms with Crippen LogP contribution in [0.3, 0.4) is 0 Å². The third-order valence-electron chi connectivity index (χ3n) is 2.03. The van der Waals surface area contributed by atoms with Gasteiger partial charge in [0, 0.05) is 0 Å². The van der Waals surface area contributed by atoms with Gasteiger partial charge in [-0.2, -0.15) is 0 Å². The number of ether oxygens (including phenoxy) is 2. The van der Waals surface area contributed by atoms with Gasteiger partial charge in [0.2, 0.25) is 0 Å². The molecular weight excluding hydrogens is 204 g/mol. The Bertz CT molecular complexity index is 341. The Morgan fingerprint density at radius 1 is 1.38 bits per heavy atom. The Balaban J connectivity index is 2.40. The Morgan fingerprint density at radius 2 is 2.06 bits per heavy atom. The SMILES string of the molecule is C=Cc1ccc(OC(=O)OCCCC)cc1. The summed E-state index contributed by atoms with van der Waals surface area (Å²) >= 11 is 0. The van der Waals surface area contributed by atoms with Crippen molar-refractivity contribution in [1.82, 2.24) is 0 Å². The fourth-order valence-corrected chi connectivity index (χ4v) is 1.10. The van der Waals surface area contributed by atoms with Crippen LogP contribution in [0.2, 0.25) is 0 Å². The summed E-state index contributed by atoms with van der Waals surface area (Å²) in [6.45, 7) is 6.07. The molecule has 0 aromatic heterocycles. The van der Waals surface area contributed by atoms with E-state index in [4.69, 9.17) is 9.47 Å². The maximum atomic E-state index is 11.2. The number of hydrogen-bond acceptors (Lipinski definition) is 3. The van der Waals surface area contributed by atoms with Crippen LogP contribution < -0.4 is 4.74 Å². The fraction of sp³-hybridized carbons (Fsp3) is 0.308. The molecule has 0 bridgehead atoms. The third-order valence-corrected chi connectivity index (χ3v) is 2.03. The van der Waals surface area contributed by atoms with Crippen molar-refractivity contribution in [3.63, 3.8) is 0 Å². The molecule has 0 radical (unpaired) electrons. The average Bonchev–Trinajstić information content (AvgIpc) is 2.30. The van der Waals surface area contributed by atoms with E-state index in [1.165, 1.54) is 0 Å². The summed E-state index contributed by atoms with van der Waals surface area (Å²) < 4.78 is 9.83. The van der Waals surface area contributed by atoms with E-state index in [2.05, 4.69) is 6.58 Å². The summed E-state index contributed by atoms with van der Waals surface area (Å²) in [6, 6.07) is 7.06. The summed E-state index contributed by atoms with van der Waals surface area (Å²) in [5, 5.41) is 0. The molecule has 3 nitrogen and oxygen atoms in total. The molecule has 0 unspecified atom stereocenters. The first kappa shape index (κ1) is 12.3. The van der Waals surface area contributed by atoms with Gasteiger partial charge in [-0.25, -0.2) is 4.79 Å². The van der Waals surface area contributed by atoms with Crippen LogP contribution in [0.15, 0.2) is 30.8 Å². The highest BCUT2D eigenvalue weighted by Crippen LogP contribution is 2.13. The number of benzene rings is 1. The highest BCUT2D eigenvalue weighted by molar-refractivity contribution is 5.64. The highest BCUT2D eigenvalue weighted by atomic mass is 16.7. The molecule has 0 spiro atoms. The molecule has 3 heteroatoms. The van der Waals surface area contributed by atoms with E-state index >= 15 is 0 Å². The standard InChI is InChI=1S/C13H16O3/c1-3-5-10-15-13(14)16-12-8-6-11(4-2)7-9-12/h4,6-9H,2-3,5,10H2,1H3. The van der Waals surface area contributed by atoms with Crippen LogP contribution in [0, 0.1) is 0 Å². The minimum absolute atomic E-state index is 0.403. The van der Waals surface area contributed by atoms with Crippen molar-refractivity contribution < 1.29 is 14.3 Å². The summed E-state index contributed by atoms with van der Waals surface area (Å²) in [6.07, 6.45) is 2.91. The molecule has 0 aliphatic carbocycles. The predicted molar refractivity (Wildman–Crippen MR) is 63.4 cm³/mol. The Hall–Kier alpha value is -1.77. The van der Waals surface area contributed by atoms with Crippen LogP contribution >= 0.6 is 0 Å². The van der Waals surface area contributed by atoms with Gasteiger partial charge in [0.05, 0.1) is 6.61 Å². The number of rotatable bonds is 5. The van der Waals surface area contributed by atoms with Gasteiger partial charge in [0.15, 0.2) is 0 Å². The first-order valence-corrected chi connectivity index (χ1v) is 5.33. The minimum atomic E-state index is -0.653. The molecule has 0 fully saturated rings. The lowest BCUT2D eigenvalue weighted by molar-refractivity contribution is 0.0978. The molecule has 1 aromatic rings. The van der Waals surface area contributed by atoms with Crippen molar-refractivity contribution in [1.29, 1.82) is 0 Å². The molecule has 0 atom stereocenters. The van der Waals surface area contributed by atoms with Crippen molar-refractivity contribution in [2.45, 2.75) is 19.8 Å². The highest BCUT2D eigenvalue weighted by Gasteiger charge is 2.04. The van der Waals surface area contributed by atoms with Gasteiger partial charge in [-0.05, 0) is 24.1 Å². The van der Waals surface area contributed by atoms with Gasteiger partial charge in [0.25, 0.3) is 0 Å². The topological polar surface area (TPSA) is 35.5 Å². The second-order valence-corrected chi connectivity index (χ2v) is 3.33. The zero-order chi connectivity index (χ0) is 11.8. The van der Waals surface area contributed by atoms with E-state index in [-0.39, 0.29) is 0 Å². The zero-order valence-corrected chi connectivity index (χ0v) is 9.44. The molecule has 0 saturated carbocycles. The molecule has 0 amide bonds. The molecule has 0 N–H and O–H groups in total. The van der Waals surface area contributed by atoms with Crippen LogP contribution in [0.1, 0.15) is 25.3 Å². The average molecular weight is 220 g/mol. The van der Waals surface area contributed by atoms with Crippen molar-refractivity contribution >= 4 is 12.2 Å². The van der Waals surface area contributed by atoms with E-state index in [0.717, 1.165) is 18.4 Å². The first-order valence-electron chi connectivity index (χ1n) is 5.33. The van der Waals surface area contributed by atoms with Crippen LogP contribution in [-0.2, 0) is 4.74 Å². The van der Waals surface area contributed by atoms with Crippen molar-refractivity contribution in [2.24, 2.45) is 0 Å². The Labute approximate surface area is 95.7 Å². The lowest BCUT2D eigenvalue weighted by Gasteiger charge is -2.05. The summed E-state index contributed by atoms with van der Waals surface area (Å²) in [5.74, 6) is 0.479. The number of carbonyl (C=O) groups excluding carboxylic acids is 1. The van der Waals surface area contributed by atoms with Crippen molar-refractivity contribution in [3.05, 3.63) is 36.4 Å². The molecule has 0 saturated heterocycles. The molecule has 1 rings (SSSR count). The van der Waals surface area contributed by atoms with Gasteiger partial charge in [-0.1, -0.05) is 38.1 Å². The van der Waals surface area contributed by atoms with Gasteiger partial charge < -0.3 is 9.47 Å². The monoisotopic (exact) mass is 220 g/mol. The first-order chi connectivity index (χ1) is 7.76. The van der Waals surface area contributed by atoms with E-state index in [9.17, 15) is 4.79 Å². The molecule has 16 heavy (non-hydrogen) atoms. The lowest BCUT2D eigenvalue weighted by Crippen LogP contribution is -2.11. The summed E-state index contributed by atoms with van der Waals surface area (Å²) in [7, 11) is 0. The predicted octanol–water partition coefficient (Wildman–Crippen LogP) is 3.65. The Kier molecular flexibility index (Phi) is 5.12. The van der Waals surface area contributed by atoms with Gasteiger partial charge in [0.1, 0.15) is 5.75 Å². The van der Waals surface area contributed by atoms with E-state index in [1.807, 2.05) is 19.1 Å². The summed E-state index contributed by atoms with van der Waals surface area (Å²) in [5.41, 5.74) is 0.978. The second-order valence-electron chi connectivity index (χ2n) is 3.33. The quantitative estimate of drug-likeness (QED) is 0.431. The normalized spacial score (nSPS) is 9.56. The number of unbranched alkanes of at least 4 members (excludes halogenated alkanes) is 1. The van der Waals surface area contributed by atoms with Crippen LogP contribution in [-0.4, -0.2) is 12.8 Å². The lowest BCUT2D eigenvalue weighted by atomic mass is 10.2. The maximum Gasteiger partial charge on any atom is 0.513 e. The van der Waals surface area contributed by atoms with Crippen molar-refractivity contribution in [2.75, 3.05) is 6.61 Å². The number of hydrogen-bond donors (Lipinski definition) is 0. The van der Waals surface area contributed by atoms with Gasteiger partial charge in [-0.15, -0.1) is 0 Å². The summed E-state index contributed by atoms with van der Waals surface area (Å²) in [4.78, 5) is 11.2. The van der Waals surface area contributed by atoms with Crippen molar-refractivity contribution in [3.8, 4) is 5.75 Å². The van der Waals surface area contributed by atoms with Crippen LogP contribution in [0.25, 0.3) is 6.08 Å². The second kappa shape index (κ2) is 6.67. The Morgan fingerprint density at radius 3 is 2.62 bits per heavy atom. The smallest absolute Gasteiger partial charge is 0.434 e. The molecule has 0 heterocycles. The van der Waals surface area contributed by atoms with Crippen LogP contribution in [0.4, 0.5) is 4.79 Å². The zero-order valence-electron chi connectivity index (χ0n) is 9.44. The number of carbonyl (C=O) groups is 1. The van der Waals surface area contributed by atoms with E-state index < -0.39 is 6.16 Å². The fourth-order valence-electron chi connectivity index (χ4n) is 1.10. The maximum absolute atomic E-state index is 11.2.